The summed E-state index contributed by atoms with van der Waals surface area (Å²) in [7, 11) is 2.14. The molecule has 0 spiro atoms. The van der Waals surface area contributed by atoms with Crippen molar-refractivity contribution in [3.05, 3.63) is 95.6 Å². The van der Waals surface area contributed by atoms with E-state index in [9.17, 15) is 5.11 Å². The lowest BCUT2D eigenvalue weighted by atomic mass is 9.82. The molecule has 2 atom stereocenters. The van der Waals surface area contributed by atoms with Gasteiger partial charge < -0.3 is 10.0 Å². The Labute approximate surface area is 197 Å². The van der Waals surface area contributed by atoms with Crippen molar-refractivity contribution in [1.29, 1.82) is 0 Å². The molecule has 5 heteroatoms. The Kier molecular flexibility index (Phi) is 8.21. The topological polar surface area (TPSA) is 52.5 Å². The minimum atomic E-state index is 0.203. The van der Waals surface area contributed by atoms with Crippen LogP contribution in [-0.2, 0) is 6.54 Å². The van der Waals surface area contributed by atoms with Gasteiger partial charge in [0.15, 0.2) is 0 Å². The van der Waals surface area contributed by atoms with Gasteiger partial charge in [0, 0.05) is 54.1 Å². The molecule has 1 saturated heterocycles. The second kappa shape index (κ2) is 11.7. The molecule has 2 aromatic carbocycles. The zero-order chi connectivity index (χ0) is 22.9. The monoisotopic (exact) mass is 440 g/mol. The molecule has 1 fully saturated rings. The highest BCUT2D eigenvalue weighted by atomic mass is 16.3. The molecule has 0 amide bonds. The van der Waals surface area contributed by atoms with Gasteiger partial charge in [0.05, 0.1) is 6.61 Å². The summed E-state index contributed by atoms with van der Waals surface area (Å²) in [4.78, 5) is 12.9. The molecule has 0 aliphatic carbocycles. The molecule has 2 unspecified atom stereocenters. The second-order valence-electron chi connectivity index (χ2n) is 8.78. The van der Waals surface area contributed by atoms with E-state index in [4.69, 9.17) is 0 Å². The Morgan fingerprint density at radius 1 is 0.970 bits per heavy atom. The Balaban J connectivity index is 1.21. The third-order valence-corrected chi connectivity index (χ3v) is 6.32. The molecule has 5 nitrogen and oxygen atoms in total. The number of nitrogens with zero attached hydrogens (tertiary/aromatic N) is 4. The first-order valence-electron chi connectivity index (χ1n) is 11.7. The van der Waals surface area contributed by atoms with Gasteiger partial charge in [-0.3, -0.25) is 4.90 Å². The maximum absolute atomic E-state index is 9.98. The van der Waals surface area contributed by atoms with Crippen molar-refractivity contribution in [2.24, 2.45) is 0 Å². The Morgan fingerprint density at radius 2 is 1.67 bits per heavy atom. The van der Waals surface area contributed by atoms with Crippen molar-refractivity contribution < 1.29 is 5.11 Å². The molecule has 0 saturated carbocycles. The first-order valence-corrected chi connectivity index (χ1v) is 11.7. The molecular formula is C28H32N4O. The third kappa shape index (κ3) is 6.49. The number of hydrogen-bond acceptors (Lipinski definition) is 5. The van der Waals surface area contributed by atoms with Crippen molar-refractivity contribution in [3.63, 3.8) is 0 Å². The quantitative estimate of drug-likeness (QED) is 0.407. The van der Waals surface area contributed by atoms with Crippen LogP contribution < -0.4 is 0 Å². The Bertz CT molecular complexity index is 1040. The predicted octanol–water partition coefficient (Wildman–Crippen LogP) is 3.55. The average Bonchev–Trinajstić information content (AvgIpc) is 2.84. The number of rotatable bonds is 9. The van der Waals surface area contributed by atoms with Crippen molar-refractivity contribution in [1.82, 2.24) is 19.8 Å². The van der Waals surface area contributed by atoms with Crippen LogP contribution in [-0.4, -0.2) is 64.2 Å². The van der Waals surface area contributed by atoms with E-state index in [2.05, 4.69) is 62.9 Å². The Hall–Kier alpha value is -3.04. The maximum atomic E-state index is 9.98. The molecule has 0 bridgehead atoms. The third-order valence-electron chi connectivity index (χ3n) is 6.32. The number of aromatic nitrogens is 2. The summed E-state index contributed by atoms with van der Waals surface area (Å²) in [5, 5.41) is 9.98. The zero-order valence-electron chi connectivity index (χ0n) is 19.3. The summed E-state index contributed by atoms with van der Waals surface area (Å²) in [6, 6.07) is 18.8. The largest absolute Gasteiger partial charge is 0.395 e. The first kappa shape index (κ1) is 23.1. The lowest BCUT2D eigenvalue weighted by Crippen LogP contribution is -2.56. The summed E-state index contributed by atoms with van der Waals surface area (Å²) >= 11 is 0. The van der Waals surface area contributed by atoms with Crippen LogP contribution >= 0.6 is 0 Å². The van der Waals surface area contributed by atoms with Gasteiger partial charge in [0.25, 0.3) is 0 Å². The normalized spacial score (nSPS) is 17.9. The molecular weight excluding hydrogens is 408 g/mol. The van der Waals surface area contributed by atoms with Crippen molar-refractivity contribution >= 4 is 0 Å². The van der Waals surface area contributed by atoms with E-state index in [1.165, 1.54) is 5.56 Å². The molecule has 4 rings (SSSR count). The number of aliphatic hydroxyl groups is 1. The van der Waals surface area contributed by atoms with E-state index >= 15 is 0 Å². The summed E-state index contributed by atoms with van der Waals surface area (Å²) in [5.41, 5.74) is 4.48. The zero-order valence-corrected chi connectivity index (χ0v) is 19.3. The Morgan fingerprint density at radius 3 is 2.36 bits per heavy atom. The maximum Gasteiger partial charge on any atom is 0.115 e. The van der Waals surface area contributed by atoms with Gasteiger partial charge in [-0.25, -0.2) is 9.97 Å². The smallest absolute Gasteiger partial charge is 0.115 e. The molecule has 1 aliphatic rings. The average molecular weight is 441 g/mol. The summed E-state index contributed by atoms with van der Waals surface area (Å²) < 4.78 is 0. The number of hydrogen-bond donors (Lipinski definition) is 1. The summed E-state index contributed by atoms with van der Waals surface area (Å²) in [5.74, 6) is 6.84. The number of likely N-dealkylation sites (tertiary alicyclic amines) is 1. The first-order chi connectivity index (χ1) is 16.2. The highest BCUT2D eigenvalue weighted by Crippen LogP contribution is 2.34. The molecule has 3 aromatic rings. The van der Waals surface area contributed by atoms with E-state index in [1.54, 1.807) is 6.33 Å². The number of benzene rings is 2. The van der Waals surface area contributed by atoms with E-state index < -0.39 is 0 Å². The van der Waals surface area contributed by atoms with Gasteiger partial charge in [-0.2, -0.15) is 0 Å². The standard InChI is InChI=1S/C28H32N4O/c1-31(19-25-17-29-22-30-18-25)15-5-6-16-32-20-27(28(32)21-33)26-13-11-24(12-14-26)10-9-23-7-3-2-4-8-23/h2-4,7-8,11-14,17-18,22,27-28,33H,5-6,15-16,19-21H2,1H3. The van der Waals surface area contributed by atoms with Gasteiger partial charge >= 0.3 is 0 Å². The van der Waals surface area contributed by atoms with Gasteiger partial charge in [-0.1, -0.05) is 42.2 Å². The van der Waals surface area contributed by atoms with Crippen LogP contribution in [0.3, 0.4) is 0 Å². The van der Waals surface area contributed by atoms with Gasteiger partial charge in [-0.05, 0) is 62.8 Å². The number of aliphatic hydroxyl groups excluding tert-OH is 1. The summed E-state index contributed by atoms with van der Waals surface area (Å²) in [6.45, 7) is 4.16. The van der Waals surface area contributed by atoms with Gasteiger partial charge in [0.2, 0.25) is 0 Å². The van der Waals surface area contributed by atoms with Crippen LogP contribution in [0.5, 0.6) is 0 Å². The fourth-order valence-corrected chi connectivity index (χ4v) is 4.43. The van der Waals surface area contributed by atoms with E-state index in [0.29, 0.717) is 5.92 Å². The fraction of sp³-hybridized carbons (Fsp3) is 0.357. The SMILES string of the molecule is CN(CCCCN1CC(c2ccc(C#Cc3ccccc3)cc2)C1CO)Cc1cncnc1. The van der Waals surface area contributed by atoms with E-state index in [1.807, 2.05) is 42.7 Å². The molecule has 2 heterocycles. The van der Waals surface area contributed by atoms with E-state index in [-0.39, 0.29) is 12.6 Å². The van der Waals surface area contributed by atoms with Crippen LogP contribution in [0.15, 0.2) is 73.3 Å². The molecule has 33 heavy (non-hydrogen) atoms. The van der Waals surface area contributed by atoms with E-state index in [0.717, 1.165) is 55.7 Å². The molecule has 1 aromatic heterocycles. The van der Waals surface area contributed by atoms with Gasteiger partial charge in [0.1, 0.15) is 6.33 Å². The predicted molar refractivity (Wildman–Crippen MR) is 132 cm³/mol. The molecule has 1 aliphatic heterocycles. The highest BCUT2D eigenvalue weighted by molar-refractivity contribution is 5.44. The van der Waals surface area contributed by atoms with Crippen molar-refractivity contribution in [3.8, 4) is 11.8 Å². The van der Waals surface area contributed by atoms with Crippen molar-refractivity contribution in [2.45, 2.75) is 31.3 Å². The molecule has 0 radical (unpaired) electrons. The van der Waals surface area contributed by atoms with Crippen LogP contribution in [0.1, 0.15) is 41.0 Å². The van der Waals surface area contributed by atoms with Gasteiger partial charge in [-0.15, -0.1) is 0 Å². The van der Waals surface area contributed by atoms with Crippen LogP contribution in [0.2, 0.25) is 0 Å². The fourth-order valence-electron chi connectivity index (χ4n) is 4.43. The van der Waals surface area contributed by atoms with Crippen LogP contribution in [0.4, 0.5) is 0 Å². The second-order valence-corrected chi connectivity index (χ2v) is 8.78. The molecule has 170 valence electrons. The summed E-state index contributed by atoms with van der Waals surface area (Å²) in [6.07, 6.45) is 7.58. The minimum Gasteiger partial charge on any atom is -0.395 e. The molecule has 1 N–H and O–H groups in total. The van der Waals surface area contributed by atoms with Crippen molar-refractivity contribution in [2.75, 3.05) is 33.3 Å². The number of unbranched alkanes of at least 4 members (excludes halogenated alkanes) is 1. The van der Waals surface area contributed by atoms with Crippen LogP contribution in [0, 0.1) is 11.8 Å². The lowest BCUT2D eigenvalue weighted by Gasteiger charge is -2.48. The van der Waals surface area contributed by atoms with Crippen LogP contribution in [0.25, 0.3) is 0 Å². The minimum absolute atomic E-state index is 0.203. The highest BCUT2D eigenvalue weighted by Gasteiger charge is 2.38. The lowest BCUT2D eigenvalue weighted by molar-refractivity contribution is 0.0156.